The zero-order valence-electron chi connectivity index (χ0n) is 6.38. The Hall–Kier alpha value is -0.710. The van der Waals surface area contributed by atoms with Crippen LogP contribution in [0.2, 0.25) is 0 Å². The van der Waals surface area contributed by atoms with Crippen molar-refractivity contribution in [3.8, 4) is 0 Å². The quantitative estimate of drug-likeness (QED) is 0.241. The lowest BCUT2D eigenvalue weighted by atomic mass is 10.5. The van der Waals surface area contributed by atoms with Gasteiger partial charge in [-0.1, -0.05) is 16.9 Å². The van der Waals surface area contributed by atoms with Crippen molar-refractivity contribution in [3.63, 3.8) is 0 Å². The van der Waals surface area contributed by atoms with Gasteiger partial charge in [0.2, 0.25) is 0 Å². The lowest BCUT2D eigenvalue weighted by Crippen LogP contribution is -1.82. The fourth-order valence-electron chi connectivity index (χ4n) is 0.621. The SMILES string of the molecule is [N-]=[N+]=NCCCSc1nccs1. The molecular weight excluding hydrogens is 192 g/mol. The molecule has 64 valence electrons. The van der Waals surface area contributed by atoms with E-state index in [4.69, 9.17) is 5.53 Å². The lowest BCUT2D eigenvalue weighted by Gasteiger charge is -1.92. The van der Waals surface area contributed by atoms with Gasteiger partial charge in [0, 0.05) is 28.8 Å². The van der Waals surface area contributed by atoms with Crippen LogP contribution in [0.25, 0.3) is 10.4 Å². The second kappa shape index (κ2) is 5.88. The van der Waals surface area contributed by atoms with Gasteiger partial charge in [-0.3, -0.25) is 0 Å². The molecule has 0 fully saturated rings. The van der Waals surface area contributed by atoms with Gasteiger partial charge in [-0.25, -0.2) is 4.98 Å². The summed E-state index contributed by atoms with van der Waals surface area (Å²) in [4.78, 5) is 6.79. The lowest BCUT2D eigenvalue weighted by molar-refractivity contribution is 0.931. The predicted molar refractivity (Wildman–Crippen MR) is 51.5 cm³/mol. The van der Waals surface area contributed by atoms with Gasteiger partial charge in [0.15, 0.2) is 0 Å². The maximum atomic E-state index is 7.99. The monoisotopic (exact) mass is 200 g/mol. The maximum Gasteiger partial charge on any atom is 0.149 e. The highest BCUT2D eigenvalue weighted by Gasteiger charge is 1.94. The van der Waals surface area contributed by atoms with E-state index in [1.807, 2.05) is 5.38 Å². The third-order valence-corrected chi connectivity index (χ3v) is 3.15. The first-order valence-corrected chi connectivity index (χ1v) is 5.33. The van der Waals surface area contributed by atoms with Crippen LogP contribution >= 0.6 is 23.1 Å². The smallest absolute Gasteiger partial charge is 0.149 e. The first-order valence-electron chi connectivity index (χ1n) is 3.46. The Labute approximate surface area is 78.6 Å². The zero-order valence-corrected chi connectivity index (χ0v) is 8.01. The summed E-state index contributed by atoms with van der Waals surface area (Å²) in [6.45, 7) is 0.578. The number of thioether (sulfide) groups is 1. The highest BCUT2D eigenvalue weighted by atomic mass is 32.2. The molecule has 0 bridgehead atoms. The molecule has 4 nitrogen and oxygen atoms in total. The van der Waals surface area contributed by atoms with Gasteiger partial charge in [0.25, 0.3) is 0 Å². The first-order chi connectivity index (χ1) is 5.93. The van der Waals surface area contributed by atoms with Crippen LogP contribution in [0, 0.1) is 0 Å². The molecule has 0 spiro atoms. The van der Waals surface area contributed by atoms with E-state index in [2.05, 4.69) is 15.0 Å². The summed E-state index contributed by atoms with van der Waals surface area (Å²) in [5.41, 5.74) is 7.99. The molecule has 0 saturated heterocycles. The largest absolute Gasteiger partial charge is 0.238 e. The number of rotatable bonds is 5. The molecule has 1 aromatic rings. The average molecular weight is 200 g/mol. The van der Waals surface area contributed by atoms with E-state index in [1.54, 1.807) is 29.3 Å². The summed E-state index contributed by atoms with van der Waals surface area (Å²) < 4.78 is 1.08. The molecule has 0 saturated carbocycles. The Balaban J connectivity index is 2.07. The van der Waals surface area contributed by atoms with Crippen LogP contribution in [-0.4, -0.2) is 17.3 Å². The van der Waals surface area contributed by atoms with Gasteiger partial charge in [0.1, 0.15) is 4.34 Å². The van der Waals surface area contributed by atoms with Crippen molar-refractivity contribution >= 4 is 23.1 Å². The van der Waals surface area contributed by atoms with Crippen LogP contribution in [0.15, 0.2) is 21.0 Å². The first kappa shape index (κ1) is 9.38. The number of thiazole rings is 1. The fourth-order valence-corrected chi connectivity index (χ4v) is 2.25. The van der Waals surface area contributed by atoms with Crippen LogP contribution in [0.1, 0.15) is 6.42 Å². The molecule has 1 heterocycles. The topological polar surface area (TPSA) is 61.7 Å². The third kappa shape index (κ3) is 3.61. The van der Waals surface area contributed by atoms with Crippen molar-refractivity contribution in [2.75, 3.05) is 12.3 Å². The highest BCUT2D eigenvalue weighted by Crippen LogP contribution is 2.20. The van der Waals surface area contributed by atoms with Gasteiger partial charge in [-0.05, 0) is 12.0 Å². The summed E-state index contributed by atoms with van der Waals surface area (Å²) in [5.74, 6) is 0.965. The molecule has 0 radical (unpaired) electrons. The Morgan fingerprint density at radius 2 is 2.67 bits per heavy atom. The molecular formula is C6H8N4S2. The molecule has 0 unspecified atom stereocenters. The van der Waals surface area contributed by atoms with Crippen molar-refractivity contribution in [3.05, 3.63) is 22.0 Å². The molecule has 0 atom stereocenters. The van der Waals surface area contributed by atoms with E-state index in [0.717, 1.165) is 16.5 Å². The molecule has 0 aliphatic rings. The number of aromatic nitrogens is 1. The summed E-state index contributed by atoms with van der Waals surface area (Å²) >= 11 is 3.34. The van der Waals surface area contributed by atoms with E-state index < -0.39 is 0 Å². The zero-order chi connectivity index (χ0) is 8.65. The molecule has 1 aromatic heterocycles. The fraction of sp³-hybridized carbons (Fsp3) is 0.500. The Morgan fingerprint density at radius 1 is 1.75 bits per heavy atom. The molecule has 1 rings (SSSR count). The molecule has 6 heteroatoms. The standard InChI is InChI=1S/C6H8N4S2/c7-10-9-2-1-4-11-6-8-3-5-12-6/h3,5H,1-2,4H2. The second-order valence-electron chi connectivity index (χ2n) is 1.95. The minimum Gasteiger partial charge on any atom is -0.238 e. The molecule has 12 heavy (non-hydrogen) atoms. The van der Waals surface area contributed by atoms with Gasteiger partial charge >= 0.3 is 0 Å². The Bertz CT molecular complexity index is 253. The van der Waals surface area contributed by atoms with Crippen molar-refractivity contribution in [2.45, 2.75) is 10.8 Å². The van der Waals surface area contributed by atoms with Gasteiger partial charge < -0.3 is 0 Å². The van der Waals surface area contributed by atoms with Crippen molar-refractivity contribution in [1.29, 1.82) is 0 Å². The van der Waals surface area contributed by atoms with Crippen molar-refractivity contribution < 1.29 is 0 Å². The van der Waals surface area contributed by atoms with Crippen molar-refractivity contribution in [1.82, 2.24) is 4.98 Å². The van der Waals surface area contributed by atoms with E-state index in [9.17, 15) is 0 Å². The van der Waals surface area contributed by atoms with Crippen LogP contribution in [0.5, 0.6) is 0 Å². The molecule has 0 aliphatic carbocycles. The highest BCUT2D eigenvalue weighted by molar-refractivity contribution is 8.00. The molecule has 0 aromatic carbocycles. The third-order valence-electron chi connectivity index (χ3n) is 1.10. The summed E-state index contributed by atoms with van der Waals surface area (Å²) in [6.07, 6.45) is 2.70. The molecule has 0 aliphatic heterocycles. The Morgan fingerprint density at radius 3 is 3.33 bits per heavy atom. The van der Waals surface area contributed by atoms with Crippen molar-refractivity contribution in [2.24, 2.45) is 5.11 Å². The average Bonchev–Trinajstić information content (AvgIpc) is 2.57. The summed E-state index contributed by atoms with van der Waals surface area (Å²) in [7, 11) is 0. The van der Waals surface area contributed by atoms with E-state index >= 15 is 0 Å². The number of hydrogen-bond donors (Lipinski definition) is 0. The van der Waals surface area contributed by atoms with Crippen LogP contribution in [-0.2, 0) is 0 Å². The minimum atomic E-state index is 0.578. The maximum absolute atomic E-state index is 7.99. The number of hydrogen-bond acceptors (Lipinski definition) is 4. The van der Waals surface area contributed by atoms with Crippen LogP contribution < -0.4 is 0 Å². The van der Waals surface area contributed by atoms with E-state index in [-0.39, 0.29) is 0 Å². The number of azide groups is 1. The predicted octanol–water partition coefficient (Wildman–Crippen LogP) is 2.94. The van der Waals surface area contributed by atoms with E-state index in [1.165, 1.54) is 0 Å². The molecule has 0 N–H and O–H groups in total. The molecule has 0 amide bonds. The van der Waals surface area contributed by atoms with Gasteiger partial charge in [0.05, 0.1) is 0 Å². The van der Waals surface area contributed by atoms with Crippen LogP contribution in [0.4, 0.5) is 0 Å². The van der Waals surface area contributed by atoms with E-state index in [0.29, 0.717) is 6.54 Å². The second-order valence-corrected chi connectivity index (χ2v) is 4.19. The van der Waals surface area contributed by atoms with Gasteiger partial charge in [-0.15, -0.1) is 11.3 Å². The number of nitrogens with zero attached hydrogens (tertiary/aromatic N) is 4. The normalized spacial score (nSPS) is 9.33. The van der Waals surface area contributed by atoms with Crippen LogP contribution in [0.3, 0.4) is 0 Å². The summed E-state index contributed by atoms with van der Waals surface area (Å²) in [6, 6.07) is 0. The minimum absolute atomic E-state index is 0.578. The Kier molecular flexibility index (Phi) is 4.60. The van der Waals surface area contributed by atoms with Gasteiger partial charge in [-0.2, -0.15) is 0 Å². The summed E-state index contributed by atoms with van der Waals surface area (Å²) in [5, 5.41) is 5.39.